The first-order chi connectivity index (χ1) is 20.8. The lowest BCUT2D eigenvalue weighted by molar-refractivity contribution is 0.0607. The number of aromatic nitrogens is 3. The number of likely N-dealkylation sites (tertiary alicyclic amines) is 1. The average molecular weight is 643 g/mol. The van der Waals surface area contributed by atoms with E-state index in [2.05, 4.69) is 46.3 Å². The number of piperazine rings is 1. The van der Waals surface area contributed by atoms with Crippen LogP contribution in [0.3, 0.4) is 0 Å². The maximum absolute atomic E-state index is 14.1. The fourth-order valence-electron chi connectivity index (χ4n) is 6.48. The summed E-state index contributed by atoms with van der Waals surface area (Å²) in [7, 11) is -3.60. The van der Waals surface area contributed by atoms with Crippen molar-refractivity contribution in [1.29, 1.82) is 0 Å². The van der Waals surface area contributed by atoms with E-state index in [0.29, 0.717) is 11.6 Å². The molecule has 13 heteroatoms. The van der Waals surface area contributed by atoms with Crippen LogP contribution in [0.15, 0.2) is 30.3 Å². The van der Waals surface area contributed by atoms with Crippen LogP contribution in [-0.2, 0) is 10.0 Å². The van der Waals surface area contributed by atoms with E-state index in [9.17, 15) is 13.2 Å². The van der Waals surface area contributed by atoms with E-state index in [1.54, 1.807) is 6.07 Å². The third kappa shape index (κ3) is 6.77. The summed E-state index contributed by atoms with van der Waals surface area (Å²) in [6.07, 6.45) is 4.80. The van der Waals surface area contributed by atoms with Gasteiger partial charge in [0.05, 0.1) is 29.2 Å². The van der Waals surface area contributed by atoms with Crippen LogP contribution in [0.5, 0.6) is 0 Å². The van der Waals surface area contributed by atoms with Crippen LogP contribution in [0.25, 0.3) is 5.65 Å². The van der Waals surface area contributed by atoms with E-state index in [1.165, 1.54) is 12.1 Å². The van der Waals surface area contributed by atoms with Gasteiger partial charge in [0.1, 0.15) is 11.6 Å². The summed E-state index contributed by atoms with van der Waals surface area (Å²) in [6, 6.07) is 8.56. The first kappa shape index (κ1) is 30.9. The summed E-state index contributed by atoms with van der Waals surface area (Å²) in [5.41, 5.74) is 2.26. The van der Waals surface area contributed by atoms with E-state index in [4.69, 9.17) is 21.7 Å². The minimum atomic E-state index is -3.60. The second kappa shape index (κ2) is 12.0. The second-order valence-corrected chi connectivity index (χ2v) is 15.7. The van der Waals surface area contributed by atoms with Gasteiger partial charge in [0.25, 0.3) is 5.91 Å². The molecular formula is C31H43ClN8O3S. The molecule has 3 aromatic rings. The van der Waals surface area contributed by atoms with Crippen LogP contribution in [0, 0.1) is 5.41 Å². The molecule has 3 saturated heterocycles. The van der Waals surface area contributed by atoms with E-state index >= 15 is 0 Å². The minimum Gasteiger partial charge on any atom is -0.356 e. The average Bonchev–Trinajstić information content (AvgIpc) is 3.35. The molecule has 3 fully saturated rings. The maximum Gasteiger partial charge on any atom is 0.256 e. The number of hydrogen-bond donors (Lipinski definition) is 1. The molecule has 11 nitrogen and oxygen atoms in total. The highest BCUT2D eigenvalue weighted by Crippen LogP contribution is 2.35. The van der Waals surface area contributed by atoms with Gasteiger partial charge in [-0.3, -0.25) is 14.4 Å². The van der Waals surface area contributed by atoms with Gasteiger partial charge in [0.15, 0.2) is 5.65 Å². The summed E-state index contributed by atoms with van der Waals surface area (Å²) in [5, 5.41) is 5.47. The number of nitrogens with one attached hydrogen (secondary N) is 1. The van der Waals surface area contributed by atoms with Gasteiger partial charge in [-0.05, 0) is 49.3 Å². The van der Waals surface area contributed by atoms with Gasteiger partial charge in [0, 0.05) is 69.5 Å². The van der Waals surface area contributed by atoms with Crippen molar-refractivity contribution < 1.29 is 13.2 Å². The van der Waals surface area contributed by atoms with Crippen LogP contribution in [0.1, 0.15) is 68.5 Å². The molecule has 1 amide bonds. The molecule has 3 aliphatic heterocycles. The number of amides is 1. The quantitative estimate of drug-likeness (QED) is 0.402. The zero-order valence-corrected chi connectivity index (χ0v) is 27.7. The Morgan fingerprint density at radius 2 is 1.73 bits per heavy atom. The summed E-state index contributed by atoms with van der Waals surface area (Å²) in [4.78, 5) is 28.1. The van der Waals surface area contributed by atoms with Crippen molar-refractivity contribution >= 4 is 50.5 Å². The minimum absolute atomic E-state index is 0.218. The van der Waals surface area contributed by atoms with Gasteiger partial charge in [-0.1, -0.05) is 32.4 Å². The lowest BCUT2D eigenvalue weighted by Crippen LogP contribution is -2.49. The van der Waals surface area contributed by atoms with E-state index < -0.39 is 10.0 Å². The van der Waals surface area contributed by atoms with Gasteiger partial charge >= 0.3 is 0 Å². The number of hydrogen-bond acceptors (Lipinski definition) is 8. The Hall–Kier alpha value is -3.09. The van der Waals surface area contributed by atoms with Gasteiger partial charge < -0.3 is 14.7 Å². The number of carbonyl (C=O) groups is 1. The van der Waals surface area contributed by atoms with Crippen LogP contribution >= 0.6 is 11.6 Å². The zero-order valence-electron chi connectivity index (χ0n) is 26.1. The number of sulfonamides is 1. The summed E-state index contributed by atoms with van der Waals surface area (Å²) in [6.45, 7) is 14.2. The monoisotopic (exact) mass is 642 g/mol. The van der Waals surface area contributed by atoms with Gasteiger partial charge in [-0.25, -0.2) is 13.4 Å². The van der Waals surface area contributed by atoms with Crippen molar-refractivity contribution in [3.8, 4) is 0 Å². The third-order valence-corrected chi connectivity index (χ3v) is 9.43. The zero-order chi connectivity index (χ0) is 31.2. The van der Waals surface area contributed by atoms with Crippen molar-refractivity contribution in [3.63, 3.8) is 0 Å². The number of halogens is 1. The second-order valence-electron chi connectivity index (χ2n) is 13.6. The molecule has 1 N–H and O–H groups in total. The van der Waals surface area contributed by atoms with E-state index in [1.807, 2.05) is 15.5 Å². The molecule has 44 heavy (non-hydrogen) atoms. The molecule has 0 aliphatic carbocycles. The van der Waals surface area contributed by atoms with Crippen molar-refractivity contribution in [3.05, 3.63) is 46.6 Å². The topological polar surface area (TPSA) is 106 Å². The number of carbonyl (C=O) groups excluding carboxylic acids is 1. The summed E-state index contributed by atoms with van der Waals surface area (Å²) < 4.78 is 28.6. The molecule has 1 atom stereocenters. The van der Waals surface area contributed by atoms with Crippen LogP contribution < -0.4 is 14.5 Å². The van der Waals surface area contributed by atoms with Gasteiger partial charge in [-0.2, -0.15) is 9.61 Å². The third-order valence-electron chi connectivity index (χ3n) is 8.60. The normalized spacial score (nSPS) is 20.2. The molecule has 0 bridgehead atoms. The first-order valence-corrected chi connectivity index (χ1v) is 17.8. The lowest BCUT2D eigenvalue weighted by atomic mass is 9.96. The molecule has 0 saturated carbocycles. The number of benzene rings is 1. The molecule has 1 aromatic carbocycles. The van der Waals surface area contributed by atoms with Crippen molar-refractivity contribution in [2.75, 3.05) is 73.1 Å². The Bertz CT molecular complexity index is 1640. The van der Waals surface area contributed by atoms with Crippen molar-refractivity contribution in [1.82, 2.24) is 24.4 Å². The predicted octanol–water partition coefficient (Wildman–Crippen LogP) is 4.50. The molecular weight excluding hydrogens is 600 g/mol. The molecule has 0 radical (unpaired) electrons. The molecule has 2 aromatic heterocycles. The number of piperidine rings is 1. The highest BCUT2D eigenvalue weighted by atomic mass is 35.5. The van der Waals surface area contributed by atoms with Gasteiger partial charge in [-0.15, -0.1) is 0 Å². The number of anilines is 3. The van der Waals surface area contributed by atoms with Crippen LogP contribution in [-0.4, -0.2) is 97.3 Å². The van der Waals surface area contributed by atoms with Crippen LogP contribution in [0.4, 0.5) is 17.3 Å². The summed E-state index contributed by atoms with van der Waals surface area (Å²) in [5.74, 6) is 1.72. The highest BCUT2D eigenvalue weighted by molar-refractivity contribution is 7.92. The van der Waals surface area contributed by atoms with Crippen molar-refractivity contribution in [2.45, 2.75) is 52.5 Å². The molecule has 0 unspecified atom stereocenters. The predicted molar refractivity (Wildman–Crippen MR) is 175 cm³/mol. The molecule has 238 valence electrons. The van der Waals surface area contributed by atoms with Crippen LogP contribution in [0.2, 0.25) is 5.02 Å². The number of nitrogens with zero attached hydrogens (tertiary/aromatic N) is 7. The van der Waals surface area contributed by atoms with Crippen molar-refractivity contribution in [2.24, 2.45) is 5.41 Å². The molecule has 6 rings (SSSR count). The Morgan fingerprint density at radius 3 is 2.39 bits per heavy atom. The Labute approximate surface area is 265 Å². The standard InChI is InChI=1S/C31H43ClN8O3S/c1-31(2,3)21-36-14-16-38(17-15-36)29-20-27(37-11-7-12-37)33-28-19-25(34-40(28)29)26-8-5-6-13-39(26)30(41)23-18-22(32)9-10-24(23)35-44(4,42)43/h9-10,18-20,26,35H,5-8,11-17,21H2,1-4H3/t26-/m0/s1. The Morgan fingerprint density at radius 1 is 0.977 bits per heavy atom. The fraction of sp³-hybridized carbons (Fsp3) is 0.581. The first-order valence-electron chi connectivity index (χ1n) is 15.6. The fourth-order valence-corrected chi connectivity index (χ4v) is 7.23. The maximum atomic E-state index is 14.1. The Balaban J connectivity index is 1.33. The largest absolute Gasteiger partial charge is 0.356 e. The summed E-state index contributed by atoms with van der Waals surface area (Å²) >= 11 is 6.28. The lowest BCUT2D eigenvalue weighted by Gasteiger charge is -2.39. The SMILES string of the molecule is CC(C)(C)CN1CCN(c2cc(N3CCC3)nc3cc([C@@H]4CCCCN4C(=O)c4cc(Cl)ccc4NS(C)(=O)=O)nn23)CC1. The van der Waals surface area contributed by atoms with E-state index in [-0.39, 0.29) is 28.6 Å². The number of rotatable bonds is 7. The van der Waals surface area contributed by atoms with E-state index in [0.717, 1.165) is 101 Å². The Kier molecular flexibility index (Phi) is 8.44. The number of fused-ring (bicyclic) bond motifs is 1. The highest BCUT2D eigenvalue weighted by Gasteiger charge is 2.33. The van der Waals surface area contributed by atoms with Gasteiger partial charge in [0.2, 0.25) is 10.0 Å². The smallest absolute Gasteiger partial charge is 0.256 e. The molecule has 0 spiro atoms. The molecule has 5 heterocycles. The molecule has 3 aliphatic rings.